The normalized spacial score (nSPS) is 12.3. The second kappa shape index (κ2) is 50.4. The van der Waals surface area contributed by atoms with Crippen molar-refractivity contribution in [2.24, 2.45) is 35.5 Å². The van der Waals surface area contributed by atoms with Gasteiger partial charge in [-0.15, -0.1) is 0 Å². The van der Waals surface area contributed by atoms with E-state index in [1.165, 1.54) is 77.0 Å². The molecule has 0 saturated carbocycles. The molecule has 7 aromatic rings. The summed E-state index contributed by atoms with van der Waals surface area (Å²) in [5.74, 6) is 51.9. The smallest absolute Gasteiger partial charge is 0.119 e. The van der Waals surface area contributed by atoms with Crippen LogP contribution in [0.15, 0.2) is 146 Å². The summed E-state index contributed by atoms with van der Waals surface area (Å²) in [4.78, 5) is 0. The van der Waals surface area contributed by atoms with Gasteiger partial charge in [0.1, 0.15) is 34.5 Å². The van der Waals surface area contributed by atoms with E-state index in [9.17, 15) is 0 Å². The highest BCUT2D eigenvalue weighted by Gasteiger charge is 2.22. The molecule has 7 rings (SSSR count). The van der Waals surface area contributed by atoms with Crippen molar-refractivity contribution >= 4 is 0 Å². The van der Waals surface area contributed by atoms with E-state index < -0.39 is 0 Å². The second-order valence-corrected chi connectivity index (χ2v) is 29.3. The van der Waals surface area contributed by atoms with Crippen molar-refractivity contribution in [3.63, 3.8) is 0 Å². The molecule has 0 amide bonds. The van der Waals surface area contributed by atoms with Gasteiger partial charge in [0.15, 0.2) is 0 Å². The van der Waals surface area contributed by atoms with Crippen LogP contribution in [0.3, 0.4) is 0 Å². The van der Waals surface area contributed by atoms with Crippen LogP contribution in [0.4, 0.5) is 0 Å². The zero-order chi connectivity index (χ0) is 76.8. The highest BCUT2D eigenvalue weighted by molar-refractivity contribution is 5.79. The highest BCUT2D eigenvalue weighted by atomic mass is 16.5. The van der Waals surface area contributed by atoms with Crippen molar-refractivity contribution < 1.29 is 28.4 Å². The number of rotatable bonds is 42. The molecule has 0 N–H and O–H groups in total. The molecule has 0 fully saturated rings. The molecule has 6 unspecified atom stereocenters. The predicted molar refractivity (Wildman–Crippen MR) is 454 cm³/mol. The molecular formula is C102H126O6. The number of ether oxygens (including phenoxy) is 6. The van der Waals surface area contributed by atoms with E-state index in [-0.39, 0.29) is 0 Å². The van der Waals surface area contributed by atoms with Gasteiger partial charge < -0.3 is 28.4 Å². The zero-order valence-corrected chi connectivity index (χ0v) is 68.0. The first-order valence-electron chi connectivity index (χ1n) is 41.7. The average Bonchev–Trinajstić information content (AvgIpc) is 0.761. The van der Waals surface area contributed by atoms with Crippen LogP contribution in [0.2, 0.25) is 0 Å². The van der Waals surface area contributed by atoms with Crippen LogP contribution in [0.25, 0.3) is 0 Å². The van der Waals surface area contributed by atoms with Crippen molar-refractivity contribution in [1.29, 1.82) is 0 Å². The summed E-state index contributed by atoms with van der Waals surface area (Å²) in [6.45, 7) is 31.0. The Balaban J connectivity index is 1.55. The van der Waals surface area contributed by atoms with E-state index in [0.717, 1.165) is 145 Å². The maximum Gasteiger partial charge on any atom is 0.119 e. The Kier molecular flexibility index (Phi) is 40.1. The number of benzene rings is 7. The molecule has 6 atom stereocenters. The van der Waals surface area contributed by atoms with Gasteiger partial charge >= 0.3 is 0 Å². The van der Waals surface area contributed by atoms with Gasteiger partial charge in [-0.1, -0.05) is 270 Å². The van der Waals surface area contributed by atoms with Crippen LogP contribution in [0, 0.1) is 107 Å². The van der Waals surface area contributed by atoms with Gasteiger partial charge in [-0.3, -0.25) is 0 Å². The summed E-state index contributed by atoms with van der Waals surface area (Å²) in [6, 6.07) is 48.7. The van der Waals surface area contributed by atoms with Gasteiger partial charge in [-0.05, 0) is 220 Å². The van der Waals surface area contributed by atoms with Crippen molar-refractivity contribution in [1.82, 2.24) is 0 Å². The number of hydrogen-bond donors (Lipinski definition) is 0. The van der Waals surface area contributed by atoms with Crippen LogP contribution < -0.4 is 28.4 Å². The van der Waals surface area contributed by atoms with Gasteiger partial charge in [-0.2, -0.15) is 0 Å². The molecule has 0 aliphatic carbocycles. The first kappa shape index (κ1) is 85.9. The van der Waals surface area contributed by atoms with Gasteiger partial charge in [-0.25, -0.2) is 0 Å². The Morgan fingerprint density at radius 1 is 0.185 bits per heavy atom. The maximum absolute atomic E-state index is 6.46. The molecule has 108 heavy (non-hydrogen) atoms. The minimum Gasteiger partial charge on any atom is -0.493 e. The Hall–Kier alpha value is -9.30. The van der Waals surface area contributed by atoms with Crippen LogP contribution in [-0.2, 0) is 0 Å². The Labute approximate surface area is 654 Å². The SMILES string of the molecule is CCCCC(CC)COc1ccc(C#Cc2c(C#Cc3ccc(OCC(CC)CCCC)cc3)c(C#Cc3ccc(OCC(CC)CCCC)cc3)c(C#Cc3ccc(OCC(CC)CCCC)cc3)c(C#Cc3ccc(OCC(CC)CCCC)cc3)c2C#Cc2ccc(OCC(CC)CCCC)cc2)cc1. The Morgan fingerprint density at radius 2 is 0.315 bits per heavy atom. The molecule has 0 spiro atoms. The largest absolute Gasteiger partial charge is 0.493 e. The second-order valence-electron chi connectivity index (χ2n) is 29.3. The summed E-state index contributed by atoms with van der Waals surface area (Å²) in [5, 5.41) is 0. The third kappa shape index (κ3) is 30.4. The molecule has 6 nitrogen and oxygen atoms in total. The van der Waals surface area contributed by atoms with E-state index in [2.05, 4.69) is 154 Å². The molecular weight excluding hydrogens is 1320 g/mol. The standard InChI is InChI=1S/C102H126O6/c1-13-25-31-79(19-7)73-103-91-55-37-85(38-56-91)49-67-97-98(68-50-86-39-57-92(58-40-86)104-74-80(20-8)32-26-14-2)100(70-52-88-43-61-94(62-44-88)106-76-82(22-10)34-28-16-4)102(72-54-90-47-65-96(66-48-90)108-78-84(24-12)36-30-18-6)101(71-53-89-45-63-95(64-46-89)107-77-83(23-11)35-29-17-5)99(97)69-51-87-41-59-93(60-42-87)105-75-81(21-9)33-27-15-3/h37-48,55-66,79-84H,13-36,73-78H2,1-12H3. The lowest BCUT2D eigenvalue weighted by Gasteiger charge is -2.15. The lowest BCUT2D eigenvalue weighted by molar-refractivity contribution is 0.233. The molecule has 570 valence electrons. The molecule has 0 aliphatic heterocycles. The van der Waals surface area contributed by atoms with Crippen molar-refractivity contribution in [3.8, 4) is 106 Å². The molecule has 0 radical (unpaired) electrons. The van der Waals surface area contributed by atoms with E-state index >= 15 is 0 Å². The summed E-state index contributed by atoms with van der Waals surface area (Å²) in [6.07, 6.45) is 27.4. The summed E-state index contributed by atoms with van der Waals surface area (Å²) in [5.41, 5.74) is 8.22. The fourth-order valence-electron chi connectivity index (χ4n) is 12.8. The van der Waals surface area contributed by atoms with Crippen LogP contribution in [0.1, 0.15) is 304 Å². The zero-order valence-electron chi connectivity index (χ0n) is 68.0. The number of hydrogen-bond acceptors (Lipinski definition) is 6. The Bertz CT molecular complexity index is 3410. The van der Waals surface area contributed by atoms with Gasteiger partial charge in [0, 0.05) is 33.4 Å². The number of unbranched alkanes of at least 4 members (excludes halogenated alkanes) is 6. The molecule has 0 bridgehead atoms. The minimum atomic E-state index is 0.490. The van der Waals surface area contributed by atoms with Crippen molar-refractivity contribution in [2.75, 3.05) is 39.6 Å². The fourth-order valence-corrected chi connectivity index (χ4v) is 12.8. The molecule has 0 aliphatic rings. The van der Waals surface area contributed by atoms with E-state index in [4.69, 9.17) is 28.4 Å². The molecule has 0 aromatic heterocycles. The topological polar surface area (TPSA) is 55.4 Å². The quantitative estimate of drug-likeness (QED) is 0.0356. The predicted octanol–water partition coefficient (Wildman–Crippen LogP) is 25.7. The van der Waals surface area contributed by atoms with Crippen molar-refractivity contribution in [3.05, 3.63) is 212 Å². The summed E-state index contributed by atoms with van der Waals surface area (Å²) >= 11 is 0. The lowest BCUT2D eigenvalue weighted by Crippen LogP contribution is -2.11. The molecule has 6 heteroatoms. The van der Waals surface area contributed by atoms with Crippen LogP contribution in [-0.4, -0.2) is 39.6 Å². The summed E-state index contributed by atoms with van der Waals surface area (Å²) < 4.78 is 38.7. The van der Waals surface area contributed by atoms with Gasteiger partial charge in [0.05, 0.1) is 73.0 Å². The van der Waals surface area contributed by atoms with Crippen LogP contribution in [0.5, 0.6) is 34.5 Å². The van der Waals surface area contributed by atoms with E-state index in [1.54, 1.807) is 0 Å². The highest BCUT2D eigenvalue weighted by Crippen LogP contribution is 2.31. The van der Waals surface area contributed by atoms with Crippen molar-refractivity contribution in [2.45, 2.75) is 237 Å². The monoisotopic (exact) mass is 1450 g/mol. The fraction of sp³-hybridized carbons (Fsp3) is 0.471. The first-order chi connectivity index (χ1) is 53.0. The Morgan fingerprint density at radius 3 is 0.426 bits per heavy atom. The van der Waals surface area contributed by atoms with Gasteiger partial charge in [0.25, 0.3) is 0 Å². The maximum atomic E-state index is 6.46. The van der Waals surface area contributed by atoms with E-state index in [1.807, 2.05) is 146 Å². The molecule has 7 aromatic carbocycles. The molecule has 0 heterocycles. The first-order valence-corrected chi connectivity index (χ1v) is 41.7. The van der Waals surface area contributed by atoms with Crippen LogP contribution >= 0.6 is 0 Å². The summed E-state index contributed by atoms with van der Waals surface area (Å²) in [7, 11) is 0. The minimum absolute atomic E-state index is 0.490. The van der Waals surface area contributed by atoms with Gasteiger partial charge in [0.2, 0.25) is 0 Å². The van der Waals surface area contributed by atoms with E-state index in [0.29, 0.717) is 109 Å². The third-order valence-electron chi connectivity index (χ3n) is 20.8. The molecule has 0 saturated heterocycles. The lowest BCUT2D eigenvalue weighted by atomic mass is 9.86. The average molecular weight is 1450 g/mol. The third-order valence-corrected chi connectivity index (χ3v) is 20.8.